The Labute approximate surface area is 133 Å². The lowest BCUT2D eigenvalue weighted by Crippen LogP contribution is -2.33. The summed E-state index contributed by atoms with van der Waals surface area (Å²) in [4.78, 5) is 22.8. The number of hydrogen-bond acceptors (Lipinski definition) is 2. The van der Waals surface area contributed by atoms with Gasteiger partial charge in [0.1, 0.15) is 0 Å². The number of carbonyl (C=O) groups excluding carboxylic acids is 1. The maximum absolute atomic E-state index is 11.9. The molecule has 1 saturated carbocycles. The summed E-state index contributed by atoms with van der Waals surface area (Å²) < 4.78 is 0. The third-order valence-corrected chi connectivity index (χ3v) is 4.37. The van der Waals surface area contributed by atoms with E-state index in [2.05, 4.69) is 5.32 Å². The summed E-state index contributed by atoms with van der Waals surface area (Å²) in [5.74, 6) is -1.18. The molecule has 0 spiro atoms. The molecule has 1 aliphatic rings. The van der Waals surface area contributed by atoms with Gasteiger partial charge in [-0.05, 0) is 43.4 Å². The van der Waals surface area contributed by atoms with Crippen molar-refractivity contribution in [2.75, 3.05) is 0 Å². The molecule has 114 valence electrons. The first-order valence-corrected chi connectivity index (χ1v) is 7.67. The van der Waals surface area contributed by atoms with E-state index < -0.39 is 5.97 Å². The highest BCUT2D eigenvalue weighted by Crippen LogP contribution is 2.26. The number of carboxylic acid groups (broad SMARTS) is 1. The van der Waals surface area contributed by atoms with Crippen LogP contribution in [0.5, 0.6) is 0 Å². The van der Waals surface area contributed by atoms with Crippen molar-refractivity contribution in [3.63, 3.8) is 0 Å². The summed E-state index contributed by atoms with van der Waals surface area (Å²) in [6, 6.07) is 5.19. The van der Waals surface area contributed by atoms with Gasteiger partial charge in [-0.15, -0.1) is 0 Å². The molecule has 2 N–H and O–H groups in total. The zero-order valence-corrected chi connectivity index (χ0v) is 13.0. The van der Waals surface area contributed by atoms with Gasteiger partial charge in [-0.25, -0.2) is 0 Å². The van der Waals surface area contributed by atoms with Gasteiger partial charge in [0.2, 0.25) is 5.91 Å². The number of hydrogen-bond donors (Lipinski definition) is 2. The van der Waals surface area contributed by atoms with Gasteiger partial charge in [0.15, 0.2) is 0 Å². The number of benzene rings is 1. The number of halogens is 2. The highest BCUT2D eigenvalue weighted by Gasteiger charge is 2.30. The minimum absolute atomic E-state index is 0.0284. The zero-order chi connectivity index (χ0) is 15.4. The SMILES string of the molecule is O=C(CCc1ccc(Cl)cc1Cl)NC1CCC(C(=O)O)C1. The first-order valence-electron chi connectivity index (χ1n) is 6.92. The lowest BCUT2D eigenvalue weighted by atomic mass is 10.1. The standard InChI is InChI=1S/C15H17Cl2NO3/c16-11-4-1-9(13(17)8-11)3-6-14(19)18-12-5-2-10(7-12)15(20)21/h1,4,8,10,12H,2-3,5-7H2,(H,18,19)(H,20,21). The molecule has 0 heterocycles. The topological polar surface area (TPSA) is 66.4 Å². The van der Waals surface area contributed by atoms with E-state index in [0.717, 1.165) is 12.0 Å². The smallest absolute Gasteiger partial charge is 0.306 e. The minimum Gasteiger partial charge on any atom is -0.481 e. The number of nitrogens with one attached hydrogen (secondary N) is 1. The highest BCUT2D eigenvalue weighted by atomic mass is 35.5. The molecule has 0 radical (unpaired) electrons. The van der Waals surface area contributed by atoms with Crippen molar-refractivity contribution in [3.8, 4) is 0 Å². The van der Waals surface area contributed by atoms with Crippen molar-refractivity contribution in [1.82, 2.24) is 5.32 Å². The maximum atomic E-state index is 11.9. The van der Waals surface area contributed by atoms with E-state index in [1.807, 2.05) is 6.07 Å². The van der Waals surface area contributed by atoms with Gasteiger partial charge >= 0.3 is 5.97 Å². The van der Waals surface area contributed by atoms with Gasteiger partial charge in [0, 0.05) is 22.5 Å². The summed E-state index contributed by atoms with van der Waals surface area (Å²) in [5.41, 5.74) is 0.881. The quantitative estimate of drug-likeness (QED) is 0.870. The van der Waals surface area contributed by atoms with Crippen LogP contribution in [-0.4, -0.2) is 23.0 Å². The van der Waals surface area contributed by atoms with Gasteiger partial charge in [-0.2, -0.15) is 0 Å². The van der Waals surface area contributed by atoms with E-state index in [-0.39, 0.29) is 17.9 Å². The molecule has 0 aromatic heterocycles. The number of carboxylic acids is 1. The molecule has 1 fully saturated rings. The van der Waals surface area contributed by atoms with Crippen LogP contribution in [-0.2, 0) is 16.0 Å². The summed E-state index contributed by atoms with van der Waals surface area (Å²) in [6.07, 6.45) is 2.74. The van der Waals surface area contributed by atoms with Crippen LogP contribution in [0.1, 0.15) is 31.2 Å². The molecular formula is C15H17Cl2NO3. The zero-order valence-electron chi connectivity index (χ0n) is 11.4. The van der Waals surface area contributed by atoms with Crippen LogP contribution in [0.15, 0.2) is 18.2 Å². The third-order valence-electron chi connectivity index (χ3n) is 3.78. The second-order valence-corrected chi connectivity index (χ2v) is 6.19. The summed E-state index contributed by atoms with van der Waals surface area (Å²) >= 11 is 11.9. The monoisotopic (exact) mass is 329 g/mol. The average Bonchev–Trinajstić information content (AvgIpc) is 2.86. The van der Waals surface area contributed by atoms with Crippen molar-refractivity contribution < 1.29 is 14.7 Å². The molecule has 6 heteroatoms. The summed E-state index contributed by atoms with van der Waals surface area (Å²) in [5, 5.41) is 13.0. The molecule has 2 atom stereocenters. The molecule has 1 amide bonds. The number of amides is 1. The third kappa shape index (κ3) is 4.61. The van der Waals surface area contributed by atoms with Crippen molar-refractivity contribution >= 4 is 35.1 Å². The van der Waals surface area contributed by atoms with Crippen LogP contribution in [0.4, 0.5) is 0 Å². The normalized spacial score (nSPS) is 21.2. The first-order chi connectivity index (χ1) is 9.95. The van der Waals surface area contributed by atoms with E-state index in [9.17, 15) is 9.59 Å². The Kier molecular flexibility index (Phi) is 5.48. The largest absolute Gasteiger partial charge is 0.481 e. The molecule has 0 saturated heterocycles. The number of rotatable bonds is 5. The Bertz CT molecular complexity index is 548. The molecule has 2 rings (SSSR count). The Morgan fingerprint density at radius 1 is 1.29 bits per heavy atom. The number of carbonyl (C=O) groups is 2. The Hall–Kier alpha value is -1.26. The van der Waals surface area contributed by atoms with Gasteiger partial charge in [-0.3, -0.25) is 9.59 Å². The van der Waals surface area contributed by atoms with E-state index in [1.165, 1.54) is 0 Å². The molecule has 4 nitrogen and oxygen atoms in total. The van der Waals surface area contributed by atoms with E-state index >= 15 is 0 Å². The van der Waals surface area contributed by atoms with Crippen molar-refractivity contribution in [1.29, 1.82) is 0 Å². The van der Waals surface area contributed by atoms with Crippen LogP contribution < -0.4 is 5.32 Å². The van der Waals surface area contributed by atoms with Crippen LogP contribution in [0.3, 0.4) is 0 Å². The molecule has 1 aromatic carbocycles. The summed E-state index contributed by atoms with van der Waals surface area (Å²) in [6.45, 7) is 0. The van der Waals surface area contributed by atoms with E-state index in [4.69, 9.17) is 28.3 Å². The van der Waals surface area contributed by atoms with E-state index in [0.29, 0.717) is 35.7 Å². The summed E-state index contributed by atoms with van der Waals surface area (Å²) in [7, 11) is 0. The first kappa shape index (κ1) is 16.1. The van der Waals surface area contributed by atoms with Crippen LogP contribution in [0, 0.1) is 5.92 Å². The molecule has 0 aliphatic heterocycles. The van der Waals surface area contributed by atoms with Crippen molar-refractivity contribution in [2.24, 2.45) is 5.92 Å². The fraction of sp³-hybridized carbons (Fsp3) is 0.467. The molecular weight excluding hydrogens is 313 g/mol. The van der Waals surface area contributed by atoms with Gasteiger partial charge < -0.3 is 10.4 Å². The average molecular weight is 330 g/mol. The number of aryl methyl sites for hydroxylation is 1. The molecule has 1 aliphatic carbocycles. The number of aliphatic carboxylic acids is 1. The fourth-order valence-corrected chi connectivity index (χ4v) is 3.11. The lowest BCUT2D eigenvalue weighted by molar-refractivity contribution is -0.141. The minimum atomic E-state index is -0.778. The Morgan fingerprint density at radius 3 is 2.67 bits per heavy atom. The molecule has 1 aromatic rings. The fourth-order valence-electron chi connectivity index (χ4n) is 2.61. The predicted octanol–water partition coefficient (Wildman–Crippen LogP) is 3.30. The molecule has 2 unspecified atom stereocenters. The Balaban J connectivity index is 1.79. The molecule has 0 bridgehead atoms. The van der Waals surface area contributed by atoms with Crippen LogP contribution in [0.25, 0.3) is 0 Å². The second kappa shape index (κ2) is 7.14. The maximum Gasteiger partial charge on any atom is 0.306 e. The second-order valence-electron chi connectivity index (χ2n) is 5.35. The Morgan fingerprint density at radius 2 is 2.05 bits per heavy atom. The molecule has 21 heavy (non-hydrogen) atoms. The van der Waals surface area contributed by atoms with Crippen molar-refractivity contribution in [3.05, 3.63) is 33.8 Å². The van der Waals surface area contributed by atoms with E-state index in [1.54, 1.807) is 12.1 Å². The van der Waals surface area contributed by atoms with Crippen LogP contribution >= 0.6 is 23.2 Å². The van der Waals surface area contributed by atoms with Crippen molar-refractivity contribution in [2.45, 2.75) is 38.1 Å². The van der Waals surface area contributed by atoms with Gasteiger partial charge in [0.05, 0.1) is 5.92 Å². The lowest BCUT2D eigenvalue weighted by Gasteiger charge is -2.12. The van der Waals surface area contributed by atoms with Gasteiger partial charge in [0.25, 0.3) is 0 Å². The highest BCUT2D eigenvalue weighted by molar-refractivity contribution is 6.35. The van der Waals surface area contributed by atoms with Crippen LogP contribution in [0.2, 0.25) is 10.0 Å². The van der Waals surface area contributed by atoms with Gasteiger partial charge in [-0.1, -0.05) is 29.3 Å². The predicted molar refractivity (Wildman–Crippen MR) is 81.7 cm³/mol.